The number of likely N-dealkylation sites (tertiary alicyclic amines) is 1. The van der Waals surface area contributed by atoms with Crippen molar-refractivity contribution in [3.05, 3.63) is 17.5 Å². The van der Waals surface area contributed by atoms with Crippen molar-refractivity contribution < 1.29 is 9.47 Å². The van der Waals surface area contributed by atoms with Crippen LogP contribution in [0.4, 0.5) is 0 Å². The van der Waals surface area contributed by atoms with E-state index in [1.165, 1.54) is 5.69 Å². The summed E-state index contributed by atoms with van der Waals surface area (Å²) in [6, 6.07) is 2.12. The first-order chi connectivity index (χ1) is 12.6. The number of guanidine groups is 1. The van der Waals surface area contributed by atoms with Gasteiger partial charge in [-0.05, 0) is 39.7 Å². The maximum absolute atomic E-state index is 5.69. The van der Waals surface area contributed by atoms with Gasteiger partial charge in [0, 0.05) is 51.4 Å². The molecule has 1 aliphatic rings. The van der Waals surface area contributed by atoms with Gasteiger partial charge in [-0.3, -0.25) is 9.67 Å². The van der Waals surface area contributed by atoms with E-state index in [0.717, 1.165) is 63.8 Å². The lowest BCUT2D eigenvalue weighted by molar-refractivity contribution is 0.0536. The van der Waals surface area contributed by atoms with Crippen LogP contribution >= 0.6 is 24.0 Å². The number of halogens is 1. The predicted molar refractivity (Wildman–Crippen MR) is 120 cm³/mol. The van der Waals surface area contributed by atoms with Crippen LogP contribution in [0.2, 0.25) is 0 Å². The molecule has 1 N–H and O–H groups in total. The Hall–Kier alpha value is -0.870. The maximum Gasteiger partial charge on any atom is 0.193 e. The van der Waals surface area contributed by atoms with Gasteiger partial charge >= 0.3 is 0 Å². The second-order valence-electron chi connectivity index (χ2n) is 6.91. The topological polar surface area (TPSA) is 63.9 Å². The zero-order chi connectivity index (χ0) is 18.8. The molecular formula is C19H36IN5O2. The Kier molecular flexibility index (Phi) is 11.9. The summed E-state index contributed by atoms with van der Waals surface area (Å²) in [6.45, 7) is 13.1. The molecule has 7 nitrogen and oxygen atoms in total. The van der Waals surface area contributed by atoms with E-state index in [1.807, 2.05) is 6.92 Å². The van der Waals surface area contributed by atoms with Crippen molar-refractivity contribution >= 4 is 29.9 Å². The van der Waals surface area contributed by atoms with Crippen LogP contribution in [0.25, 0.3) is 0 Å². The summed E-state index contributed by atoms with van der Waals surface area (Å²) >= 11 is 0. The highest BCUT2D eigenvalue weighted by molar-refractivity contribution is 14.0. The zero-order valence-electron chi connectivity index (χ0n) is 17.2. The first-order valence-corrected chi connectivity index (χ1v) is 9.75. The molecule has 0 spiro atoms. The summed E-state index contributed by atoms with van der Waals surface area (Å²) in [5.74, 6) is 1.60. The molecule has 1 saturated heterocycles. The first kappa shape index (κ1) is 24.2. The Labute approximate surface area is 180 Å². The number of aliphatic imine (C=N–C) groups is 1. The van der Waals surface area contributed by atoms with E-state index in [4.69, 9.17) is 14.5 Å². The summed E-state index contributed by atoms with van der Waals surface area (Å²) in [5, 5.41) is 7.94. The minimum atomic E-state index is 0. The first-order valence-electron chi connectivity index (χ1n) is 9.75. The Bertz CT molecular complexity index is 564. The van der Waals surface area contributed by atoms with Crippen molar-refractivity contribution in [1.82, 2.24) is 20.0 Å². The van der Waals surface area contributed by atoms with E-state index in [1.54, 1.807) is 7.11 Å². The number of nitrogens with one attached hydrogen (secondary N) is 1. The second kappa shape index (κ2) is 13.3. The van der Waals surface area contributed by atoms with Crippen LogP contribution in [0.1, 0.15) is 31.2 Å². The van der Waals surface area contributed by atoms with Gasteiger partial charge in [-0.2, -0.15) is 5.10 Å². The highest BCUT2D eigenvalue weighted by atomic mass is 127. The van der Waals surface area contributed by atoms with Crippen molar-refractivity contribution in [2.45, 2.75) is 40.2 Å². The highest BCUT2D eigenvalue weighted by Crippen LogP contribution is 2.16. The van der Waals surface area contributed by atoms with Gasteiger partial charge in [-0.15, -0.1) is 24.0 Å². The molecule has 1 aromatic rings. The minimum Gasteiger partial charge on any atom is -0.382 e. The fourth-order valence-electron chi connectivity index (χ4n) is 3.29. The Morgan fingerprint density at radius 3 is 2.85 bits per heavy atom. The van der Waals surface area contributed by atoms with Crippen LogP contribution in [0.15, 0.2) is 11.1 Å². The van der Waals surface area contributed by atoms with Crippen LogP contribution in [0.3, 0.4) is 0 Å². The van der Waals surface area contributed by atoms with Crippen molar-refractivity contribution in [2.24, 2.45) is 10.9 Å². The van der Waals surface area contributed by atoms with Crippen molar-refractivity contribution in [3.63, 3.8) is 0 Å². The fraction of sp³-hybridized carbons (Fsp3) is 0.789. The SMILES string of the molecule is CCNC(=NCCCn1nc(C)cc1C)N1CCC(COCCOC)C1.I. The molecule has 2 rings (SSSR count). The van der Waals surface area contributed by atoms with Crippen molar-refractivity contribution in [2.75, 3.05) is 53.1 Å². The predicted octanol–water partition coefficient (Wildman–Crippen LogP) is 2.46. The lowest BCUT2D eigenvalue weighted by atomic mass is 10.1. The summed E-state index contributed by atoms with van der Waals surface area (Å²) in [7, 11) is 1.70. The lowest BCUT2D eigenvalue weighted by Crippen LogP contribution is -2.40. The number of aryl methyl sites for hydroxylation is 3. The molecule has 0 radical (unpaired) electrons. The summed E-state index contributed by atoms with van der Waals surface area (Å²) in [4.78, 5) is 7.18. The van der Waals surface area contributed by atoms with Gasteiger partial charge in [0.05, 0.1) is 25.5 Å². The van der Waals surface area contributed by atoms with Crippen LogP contribution < -0.4 is 5.32 Å². The molecule has 0 bridgehead atoms. The van der Waals surface area contributed by atoms with E-state index >= 15 is 0 Å². The van der Waals surface area contributed by atoms with Crippen LogP contribution in [0, 0.1) is 19.8 Å². The second-order valence-corrected chi connectivity index (χ2v) is 6.91. The quantitative estimate of drug-likeness (QED) is 0.235. The number of rotatable bonds is 10. The fourth-order valence-corrected chi connectivity index (χ4v) is 3.29. The summed E-state index contributed by atoms with van der Waals surface area (Å²) in [6.07, 6.45) is 2.15. The van der Waals surface area contributed by atoms with Gasteiger partial charge in [0.15, 0.2) is 5.96 Å². The van der Waals surface area contributed by atoms with Gasteiger partial charge in [-0.1, -0.05) is 0 Å². The van der Waals surface area contributed by atoms with Crippen molar-refractivity contribution in [3.8, 4) is 0 Å². The molecule has 1 fully saturated rings. The molecule has 0 saturated carbocycles. The number of ether oxygens (including phenoxy) is 2. The lowest BCUT2D eigenvalue weighted by Gasteiger charge is -2.21. The maximum atomic E-state index is 5.69. The largest absolute Gasteiger partial charge is 0.382 e. The van der Waals surface area contributed by atoms with E-state index in [2.05, 4.69) is 39.9 Å². The Morgan fingerprint density at radius 1 is 1.37 bits per heavy atom. The molecule has 8 heteroatoms. The molecular weight excluding hydrogens is 457 g/mol. The highest BCUT2D eigenvalue weighted by Gasteiger charge is 2.24. The minimum absolute atomic E-state index is 0. The number of methoxy groups -OCH3 is 1. The third kappa shape index (κ3) is 8.35. The van der Waals surface area contributed by atoms with E-state index < -0.39 is 0 Å². The molecule has 156 valence electrons. The normalized spacial score (nSPS) is 17.3. The van der Waals surface area contributed by atoms with Gasteiger partial charge in [0.25, 0.3) is 0 Å². The van der Waals surface area contributed by atoms with E-state index in [9.17, 15) is 0 Å². The molecule has 0 aliphatic carbocycles. The molecule has 27 heavy (non-hydrogen) atoms. The van der Waals surface area contributed by atoms with Crippen LogP contribution in [0.5, 0.6) is 0 Å². The number of hydrogen-bond acceptors (Lipinski definition) is 4. The van der Waals surface area contributed by atoms with E-state index in [-0.39, 0.29) is 24.0 Å². The molecule has 1 aliphatic heterocycles. The summed E-state index contributed by atoms with van der Waals surface area (Å²) < 4.78 is 12.8. The molecule has 1 aromatic heterocycles. The molecule has 0 aromatic carbocycles. The molecule has 1 atom stereocenters. The standard InChI is InChI=1S/C19H35N5O2.HI/c1-5-20-19(21-8-6-9-24-17(3)13-16(2)22-24)23-10-7-18(14-23)15-26-12-11-25-4;/h13,18H,5-12,14-15H2,1-4H3,(H,20,21);1H. The van der Waals surface area contributed by atoms with Gasteiger partial charge in [0.2, 0.25) is 0 Å². The van der Waals surface area contributed by atoms with Gasteiger partial charge in [0.1, 0.15) is 0 Å². The molecule has 1 unspecified atom stereocenters. The Morgan fingerprint density at radius 2 is 2.19 bits per heavy atom. The number of nitrogens with zero attached hydrogens (tertiary/aromatic N) is 4. The zero-order valence-corrected chi connectivity index (χ0v) is 19.6. The van der Waals surface area contributed by atoms with Crippen molar-refractivity contribution in [1.29, 1.82) is 0 Å². The monoisotopic (exact) mass is 493 g/mol. The van der Waals surface area contributed by atoms with Gasteiger partial charge < -0.3 is 19.7 Å². The molecule has 0 amide bonds. The third-order valence-corrected chi connectivity index (χ3v) is 4.60. The average Bonchev–Trinajstić information content (AvgIpc) is 3.21. The van der Waals surface area contributed by atoms with Crippen LogP contribution in [-0.2, 0) is 16.0 Å². The van der Waals surface area contributed by atoms with Gasteiger partial charge in [-0.25, -0.2) is 0 Å². The third-order valence-electron chi connectivity index (χ3n) is 4.60. The Balaban J connectivity index is 0.00000364. The summed E-state index contributed by atoms with van der Waals surface area (Å²) in [5.41, 5.74) is 2.30. The number of aromatic nitrogens is 2. The van der Waals surface area contributed by atoms with Crippen LogP contribution in [-0.4, -0.2) is 73.7 Å². The molecule has 2 heterocycles. The average molecular weight is 493 g/mol. The smallest absolute Gasteiger partial charge is 0.193 e. The number of hydrogen-bond donors (Lipinski definition) is 1. The van der Waals surface area contributed by atoms with E-state index in [0.29, 0.717) is 19.1 Å².